The molecular formula is C9H14N4O. The summed E-state index contributed by atoms with van der Waals surface area (Å²) in [4.78, 5) is 17.5. The first-order valence-electron chi connectivity index (χ1n) is 4.62. The molecule has 5 nitrogen and oxygen atoms in total. The predicted octanol–water partition coefficient (Wildman–Crippen LogP) is -0.493. The maximum atomic E-state index is 11.0. The Morgan fingerprint density at radius 2 is 2.21 bits per heavy atom. The second-order valence-corrected chi connectivity index (χ2v) is 3.74. The molecule has 1 aromatic rings. The smallest absolute Gasteiger partial charge is 0.284 e. The third kappa shape index (κ3) is 1.29. The number of imidazole rings is 1. The van der Waals surface area contributed by atoms with Gasteiger partial charge in [0, 0.05) is 32.3 Å². The molecule has 2 heterocycles. The van der Waals surface area contributed by atoms with Gasteiger partial charge in [0.05, 0.1) is 5.69 Å². The van der Waals surface area contributed by atoms with Gasteiger partial charge in [-0.3, -0.25) is 4.79 Å². The minimum absolute atomic E-state index is 0.366. The normalized spacial score (nSPS) is 16.7. The lowest BCUT2D eigenvalue weighted by Gasteiger charge is -2.21. The van der Waals surface area contributed by atoms with Crippen LogP contribution in [0.2, 0.25) is 0 Å². The van der Waals surface area contributed by atoms with E-state index in [9.17, 15) is 4.79 Å². The number of aromatic nitrogens is 2. The van der Waals surface area contributed by atoms with Crippen LogP contribution in [-0.4, -0.2) is 34.0 Å². The summed E-state index contributed by atoms with van der Waals surface area (Å²) >= 11 is 0. The lowest BCUT2D eigenvalue weighted by Crippen LogP contribution is -2.27. The third-order valence-electron chi connectivity index (χ3n) is 2.67. The van der Waals surface area contributed by atoms with E-state index in [1.165, 1.54) is 0 Å². The van der Waals surface area contributed by atoms with E-state index in [-0.39, 0.29) is 0 Å². The topological polar surface area (TPSA) is 64.2 Å². The van der Waals surface area contributed by atoms with Crippen molar-refractivity contribution in [3.05, 3.63) is 17.2 Å². The van der Waals surface area contributed by atoms with Gasteiger partial charge in [-0.05, 0) is 7.05 Å². The summed E-state index contributed by atoms with van der Waals surface area (Å²) in [5.41, 5.74) is 7.34. The summed E-state index contributed by atoms with van der Waals surface area (Å²) in [5.74, 6) is -0.0881. The number of nitrogens with two attached hydrogens (primary N) is 1. The van der Waals surface area contributed by atoms with E-state index in [1.54, 1.807) is 0 Å². The van der Waals surface area contributed by atoms with Crippen molar-refractivity contribution in [3.63, 3.8) is 0 Å². The van der Waals surface area contributed by atoms with E-state index in [4.69, 9.17) is 5.73 Å². The lowest BCUT2D eigenvalue weighted by molar-refractivity contribution is 0.0987. The first-order valence-corrected chi connectivity index (χ1v) is 4.62. The number of nitrogens with zero attached hydrogens (tertiary/aromatic N) is 3. The van der Waals surface area contributed by atoms with Crippen molar-refractivity contribution in [2.45, 2.75) is 13.0 Å². The van der Waals surface area contributed by atoms with Crippen LogP contribution in [-0.2, 0) is 20.0 Å². The van der Waals surface area contributed by atoms with Crippen LogP contribution in [0.3, 0.4) is 0 Å². The molecule has 1 amide bonds. The van der Waals surface area contributed by atoms with Gasteiger partial charge in [-0.2, -0.15) is 0 Å². The summed E-state index contributed by atoms with van der Waals surface area (Å²) < 4.78 is 1.81. The summed E-state index contributed by atoms with van der Waals surface area (Å²) in [6, 6.07) is 0. The average molecular weight is 194 g/mol. The number of amides is 1. The first kappa shape index (κ1) is 9.21. The monoisotopic (exact) mass is 194 g/mol. The van der Waals surface area contributed by atoms with Crippen molar-refractivity contribution in [2.75, 3.05) is 13.6 Å². The van der Waals surface area contributed by atoms with Crippen LogP contribution in [0.25, 0.3) is 0 Å². The zero-order valence-electron chi connectivity index (χ0n) is 8.45. The molecule has 14 heavy (non-hydrogen) atoms. The van der Waals surface area contributed by atoms with Crippen LogP contribution >= 0.6 is 0 Å². The molecule has 5 heteroatoms. The summed E-state index contributed by atoms with van der Waals surface area (Å²) in [5, 5.41) is 0. The van der Waals surface area contributed by atoms with E-state index in [0.29, 0.717) is 5.82 Å². The molecule has 1 aromatic heterocycles. The second-order valence-electron chi connectivity index (χ2n) is 3.74. The molecule has 0 unspecified atom stereocenters. The quantitative estimate of drug-likeness (QED) is 0.656. The number of hydrogen-bond donors (Lipinski definition) is 1. The van der Waals surface area contributed by atoms with Crippen molar-refractivity contribution in [1.29, 1.82) is 0 Å². The van der Waals surface area contributed by atoms with Gasteiger partial charge in [0.15, 0.2) is 5.82 Å². The summed E-state index contributed by atoms with van der Waals surface area (Å²) in [7, 11) is 3.89. The van der Waals surface area contributed by atoms with E-state index in [1.807, 2.05) is 18.7 Å². The van der Waals surface area contributed by atoms with Crippen LogP contribution in [0.15, 0.2) is 0 Å². The Morgan fingerprint density at radius 3 is 2.86 bits per heavy atom. The third-order valence-corrected chi connectivity index (χ3v) is 2.67. The number of likely N-dealkylation sites (N-methyl/N-ethyl adjacent to an activating group) is 1. The Morgan fingerprint density at radius 1 is 1.50 bits per heavy atom. The fourth-order valence-corrected chi connectivity index (χ4v) is 1.88. The molecule has 76 valence electrons. The van der Waals surface area contributed by atoms with Crippen molar-refractivity contribution < 1.29 is 4.79 Å². The maximum Gasteiger partial charge on any atom is 0.284 e. The van der Waals surface area contributed by atoms with E-state index in [0.717, 1.165) is 30.9 Å². The average Bonchev–Trinajstić information content (AvgIpc) is 2.43. The molecule has 2 rings (SSSR count). The van der Waals surface area contributed by atoms with Crippen molar-refractivity contribution in [3.8, 4) is 0 Å². The number of rotatable bonds is 1. The van der Waals surface area contributed by atoms with Crippen molar-refractivity contribution in [1.82, 2.24) is 14.5 Å². The highest BCUT2D eigenvalue weighted by atomic mass is 16.1. The maximum absolute atomic E-state index is 11.0. The minimum Gasteiger partial charge on any atom is -0.363 e. The molecule has 1 aliphatic rings. The number of hydrogen-bond acceptors (Lipinski definition) is 3. The highest BCUT2D eigenvalue weighted by Gasteiger charge is 2.22. The minimum atomic E-state index is -0.454. The molecule has 1 aliphatic heterocycles. The highest BCUT2D eigenvalue weighted by Crippen LogP contribution is 2.17. The van der Waals surface area contributed by atoms with E-state index in [2.05, 4.69) is 9.88 Å². The van der Waals surface area contributed by atoms with Crippen LogP contribution in [0.1, 0.15) is 22.0 Å². The Labute approximate surface area is 82.5 Å². The summed E-state index contributed by atoms with van der Waals surface area (Å²) in [6.07, 6.45) is 0.933. The highest BCUT2D eigenvalue weighted by molar-refractivity contribution is 5.89. The molecule has 0 saturated heterocycles. The van der Waals surface area contributed by atoms with Gasteiger partial charge in [-0.1, -0.05) is 0 Å². The van der Waals surface area contributed by atoms with Crippen LogP contribution in [0.5, 0.6) is 0 Å². The molecule has 0 fully saturated rings. The molecule has 0 atom stereocenters. The molecule has 0 bridgehead atoms. The summed E-state index contributed by atoms with van der Waals surface area (Å²) in [6.45, 7) is 1.81. The Hall–Kier alpha value is -1.36. The number of carbonyl (C=O) groups is 1. The Kier molecular flexibility index (Phi) is 2.03. The fourth-order valence-electron chi connectivity index (χ4n) is 1.88. The molecule has 2 N–H and O–H groups in total. The number of primary amides is 1. The van der Waals surface area contributed by atoms with Crippen LogP contribution in [0, 0.1) is 0 Å². The molecule has 0 spiro atoms. The zero-order valence-corrected chi connectivity index (χ0v) is 8.45. The van der Waals surface area contributed by atoms with Gasteiger partial charge in [-0.25, -0.2) is 4.98 Å². The van der Waals surface area contributed by atoms with Gasteiger partial charge < -0.3 is 15.2 Å². The zero-order chi connectivity index (χ0) is 10.3. The van der Waals surface area contributed by atoms with Crippen LogP contribution < -0.4 is 5.73 Å². The molecule has 0 aromatic carbocycles. The molecule has 0 saturated carbocycles. The van der Waals surface area contributed by atoms with E-state index < -0.39 is 5.91 Å². The standard InChI is InChI=1S/C9H14N4O/c1-12-4-3-7-6(5-12)11-9(8(10)14)13(7)2/h3-5H2,1-2H3,(H2,10,14). The van der Waals surface area contributed by atoms with Gasteiger partial charge in [0.2, 0.25) is 0 Å². The lowest BCUT2D eigenvalue weighted by atomic mass is 10.1. The number of carbonyl (C=O) groups excluding carboxylic acids is 1. The van der Waals surface area contributed by atoms with Crippen LogP contribution in [0.4, 0.5) is 0 Å². The SMILES string of the molecule is CN1CCc2c(nc(C(N)=O)n2C)C1. The van der Waals surface area contributed by atoms with Crippen molar-refractivity contribution in [2.24, 2.45) is 12.8 Å². The van der Waals surface area contributed by atoms with Crippen molar-refractivity contribution >= 4 is 5.91 Å². The second kappa shape index (κ2) is 3.09. The largest absolute Gasteiger partial charge is 0.363 e. The Balaban J connectivity index is 2.45. The van der Waals surface area contributed by atoms with Gasteiger partial charge in [0.25, 0.3) is 5.91 Å². The Bertz CT molecular complexity index is 382. The predicted molar refractivity (Wildman–Crippen MR) is 51.8 cm³/mol. The molecular weight excluding hydrogens is 180 g/mol. The van der Waals surface area contributed by atoms with Gasteiger partial charge in [0.1, 0.15) is 0 Å². The van der Waals surface area contributed by atoms with E-state index >= 15 is 0 Å². The molecule has 0 radical (unpaired) electrons. The molecule has 0 aliphatic carbocycles. The van der Waals surface area contributed by atoms with Gasteiger partial charge in [-0.15, -0.1) is 0 Å². The number of fused-ring (bicyclic) bond motifs is 1. The van der Waals surface area contributed by atoms with Gasteiger partial charge >= 0.3 is 0 Å². The first-order chi connectivity index (χ1) is 6.59. The fraction of sp³-hybridized carbons (Fsp3) is 0.556.